The molecule has 1 N–H and O–H groups in total. The van der Waals surface area contributed by atoms with Crippen LogP contribution in [-0.2, 0) is 13.5 Å². The van der Waals surface area contributed by atoms with E-state index >= 15 is 0 Å². The number of aromatic nitrogens is 4. The topological polar surface area (TPSA) is 75.9 Å². The van der Waals surface area contributed by atoms with Crippen molar-refractivity contribution in [2.45, 2.75) is 19.3 Å². The minimum Gasteiger partial charge on any atom is -0.357 e. The van der Waals surface area contributed by atoms with E-state index in [0.717, 1.165) is 59.7 Å². The summed E-state index contributed by atoms with van der Waals surface area (Å²) in [6, 6.07) is 12.1. The molecular formula is C27H28N6O. The van der Waals surface area contributed by atoms with Gasteiger partial charge in [0, 0.05) is 67.8 Å². The SMILES string of the molecule is Cn1cncc1-c1ccc2cnc(CC(=O)c3ccnc(N4CCC5(CC4)CNC5)c3)cc2c1. The Hall–Kier alpha value is -3.58. The van der Waals surface area contributed by atoms with Crippen molar-refractivity contribution in [2.24, 2.45) is 12.5 Å². The maximum absolute atomic E-state index is 13.1. The molecule has 6 rings (SSSR count). The van der Waals surface area contributed by atoms with Gasteiger partial charge in [0.15, 0.2) is 5.78 Å². The van der Waals surface area contributed by atoms with Gasteiger partial charge in [-0.1, -0.05) is 12.1 Å². The smallest absolute Gasteiger partial charge is 0.169 e. The van der Waals surface area contributed by atoms with E-state index < -0.39 is 0 Å². The quantitative estimate of drug-likeness (QED) is 0.466. The van der Waals surface area contributed by atoms with Crippen molar-refractivity contribution in [3.8, 4) is 11.3 Å². The van der Waals surface area contributed by atoms with Gasteiger partial charge in [-0.25, -0.2) is 9.97 Å². The summed E-state index contributed by atoms with van der Waals surface area (Å²) in [5, 5.41) is 5.53. The van der Waals surface area contributed by atoms with Gasteiger partial charge in [0.2, 0.25) is 0 Å². The summed E-state index contributed by atoms with van der Waals surface area (Å²) in [5.41, 5.74) is 4.10. The molecule has 0 aliphatic carbocycles. The predicted octanol–water partition coefficient (Wildman–Crippen LogP) is 3.65. The average molecular weight is 453 g/mol. The summed E-state index contributed by atoms with van der Waals surface area (Å²) in [5.74, 6) is 0.968. The molecule has 2 fully saturated rings. The first-order valence-corrected chi connectivity index (χ1v) is 11.9. The molecule has 2 aliphatic rings. The number of nitrogens with one attached hydrogen (secondary N) is 1. The van der Waals surface area contributed by atoms with Crippen LogP contribution >= 0.6 is 0 Å². The van der Waals surface area contributed by atoms with Crippen molar-refractivity contribution in [2.75, 3.05) is 31.1 Å². The van der Waals surface area contributed by atoms with Crippen LogP contribution in [-0.4, -0.2) is 51.5 Å². The zero-order valence-electron chi connectivity index (χ0n) is 19.4. The average Bonchev–Trinajstić information content (AvgIpc) is 3.28. The van der Waals surface area contributed by atoms with E-state index in [0.29, 0.717) is 11.0 Å². The van der Waals surface area contributed by atoms with Crippen molar-refractivity contribution in [1.82, 2.24) is 24.8 Å². The standard InChI is InChI=1S/C27H28N6O/c1-32-18-28-15-24(32)19-2-3-21-14-31-23(11-22(21)10-19)13-25(34)20-4-7-30-26(12-20)33-8-5-27(6-9-33)16-29-17-27/h2-4,7,10-12,14-15,18,29H,5-6,8-9,13,16-17H2,1H3. The van der Waals surface area contributed by atoms with E-state index in [2.05, 4.69) is 43.4 Å². The largest absolute Gasteiger partial charge is 0.357 e. The zero-order chi connectivity index (χ0) is 23.1. The van der Waals surface area contributed by atoms with Gasteiger partial charge in [-0.05, 0) is 47.9 Å². The Bertz CT molecular complexity index is 1360. The molecule has 7 nitrogen and oxygen atoms in total. The number of benzene rings is 1. The maximum Gasteiger partial charge on any atom is 0.169 e. The second-order valence-electron chi connectivity index (χ2n) is 9.72. The van der Waals surface area contributed by atoms with Crippen molar-refractivity contribution in [3.63, 3.8) is 0 Å². The number of hydrogen-bond donors (Lipinski definition) is 1. The fraction of sp³-hybridized carbons (Fsp3) is 0.333. The van der Waals surface area contributed by atoms with Gasteiger partial charge < -0.3 is 14.8 Å². The molecule has 5 heterocycles. The number of hydrogen-bond acceptors (Lipinski definition) is 6. The third-order valence-corrected chi connectivity index (χ3v) is 7.45. The van der Waals surface area contributed by atoms with Crippen LogP contribution < -0.4 is 10.2 Å². The van der Waals surface area contributed by atoms with Gasteiger partial charge >= 0.3 is 0 Å². The number of fused-ring (bicyclic) bond motifs is 1. The van der Waals surface area contributed by atoms with Crippen LogP contribution in [0.15, 0.2) is 61.3 Å². The molecule has 2 saturated heterocycles. The van der Waals surface area contributed by atoms with E-state index in [1.165, 1.54) is 12.8 Å². The Morgan fingerprint density at radius 3 is 2.62 bits per heavy atom. The molecule has 4 aromatic rings. The Labute approximate surface area is 198 Å². The van der Waals surface area contributed by atoms with Gasteiger partial charge in [-0.3, -0.25) is 9.78 Å². The predicted molar refractivity (Wildman–Crippen MR) is 133 cm³/mol. The van der Waals surface area contributed by atoms with Gasteiger partial charge in [0.1, 0.15) is 5.82 Å². The number of imidazole rings is 1. The second-order valence-corrected chi connectivity index (χ2v) is 9.72. The molecule has 0 atom stereocenters. The molecule has 0 bridgehead atoms. The molecule has 1 aromatic carbocycles. The van der Waals surface area contributed by atoms with Crippen molar-refractivity contribution in [3.05, 3.63) is 72.6 Å². The molecule has 34 heavy (non-hydrogen) atoms. The Kier molecular flexibility index (Phi) is 5.14. The van der Waals surface area contributed by atoms with Crippen LogP contribution in [0.4, 0.5) is 5.82 Å². The van der Waals surface area contributed by atoms with Crippen molar-refractivity contribution >= 4 is 22.4 Å². The normalized spacial score (nSPS) is 17.1. The van der Waals surface area contributed by atoms with Gasteiger partial charge in [-0.2, -0.15) is 0 Å². The number of nitrogens with zero attached hydrogens (tertiary/aromatic N) is 5. The molecule has 3 aromatic heterocycles. The number of aryl methyl sites for hydroxylation is 1. The lowest BCUT2D eigenvalue weighted by molar-refractivity contribution is 0.0991. The van der Waals surface area contributed by atoms with Crippen LogP contribution in [0.2, 0.25) is 0 Å². The molecule has 1 spiro atoms. The molecule has 0 unspecified atom stereocenters. The van der Waals surface area contributed by atoms with Crippen LogP contribution in [0.1, 0.15) is 28.9 Å². The maximum atomic E-state index is 13.1. The van der Waals surface area contributed by atoms with Crippen molar-refractivity contribution < 1.29 is 4.79 Å². The van der Waals surface area contributed by atoms with Crippen LogP contribution in [0.25, 0.3) is 22.0 Å². The lowest BCUT2D eigenvalue weighted by Gasteiger charge is -2.48. The summed E-state index contributed by atoms with van der Waals surface area (Å²) in [4.78, 5) is 28.8. The number of rotatable bonds is 5. The zero-order valence-corrected chi connectivity index (χ0v) is 19.4. The monoisotopic (exact) mass is 452 g/mol. The highest BCUT2D eigenvalue weighted by Crippen LogP contribution is 2.36. The lowest BCUT2D eigenvalue weighted by Crippen LogP contribution is -2.58. The number of Topliss-reactive ketones (excluding diaryl/α,β-unsaturated/α-hetero) is 1. The lowest BCUT2D eigenvalue weighted by atomic mass is 9.73. The number of piperidine rings is 1. The van der Waals surface area contributed by atoms with Gasteiger partial charge in [0.25, 0.3) is 0 Å². The molecule has 0 amide bonds. The van der Waals surface area contributed by atoms with E-state index in [9.17, 15) is 4.79 Å². The summed E-state index contributed by atoms with van der Waals surface area (Å²) in [7, 11) is 1.98. The highest BCUT2D eigenvalue weighted by Gasteiger charge is 2.39. The van der Waals surface area contributed by atoms with E-state index in [4.69, 9.17) is 0 Å². The molecule has 172 valence electrons. The number of carbonyl (C=O) groups is 1. The minimum atomic E-state index is 0.0648. The minimum absolute atomic E-state index is 0.0648. The van der Waals surface area contributed by atoms with E-state index in [1.54, 1.807) is 12.5 Å². The fourth-order valence-corrected chi connectivity index (χ4v) is 5.15. The van der Waals surface area contributed by atoms with Gasteiger partial charge in [-0.15, -0.1) is 0 Å². The summed E-state index contributed by atoms with van der Waals surface area (Å²) in [6.45, 7) is 4.26. The first kappa shape index (κ1) is 21.0. The first-order valence-electron chi connectivity index (χ1n) is 11.9. The first-order chi connectivity index (χ1) is 16.6. The summed E-state index contributed by atoms with van der Waals surface area (Å²) in [6.07, 6.45) is 9.89. The van der Waals surface area contributed by atoms with Crippen LogP contribution in [0.3, 0.4) is 0 Å². The third-order valence-electron chi connectivity index (χ3n) is 7.45. The molecular weight excluding hydrogens is 424 g/mol. The van der Waals surface area contributed by atoms with Crippen molar-refractivity contribution in [1.29, 1.82) is 0 Å². The Morgan fingerprint density at radius 1 is 1.03 bits per heavy atom. The fourth-order valence-electron chi connectivity index (χ4n) is 5.15. The highest BCUT2D eigenvalue weighted by atomic mass is 16.1. The highest BCUT2D eigenvalue weighted by molar-refractivity contribution is 5.98. The van der Waals surface area contributed by atoms with Crippen LogP contribution in [0, 0.1) is 5.41 Å². The Balaban J connectivity index is 1.19. The number of carbonyl (C=O) groups excluding carboxylic acids is 1. The molecule has 0 saturated carbocycles. The summed E-state index contributed by atoms with van der Waals surface area (Å²) >= 11 is 0. The Morgan fingerprint density at radius 2 is 1.88 bits per heavy atom. The number of anilines is 1. The molecule has 0 radical (unpaired) electrons. The van der Waals surface area contributed by atoms with E-state index in [1.807, 2.05) is 42.2 Å². The molecule has 7 heteroatoms. The second kappa shape index (κ2) is 8.33. The third kappa shape index (κ3) is 3.86. The van der Waals surface area contributed by atoms with Crippen LogP contribution in [0.5, 0.6) is 0 Å². The summed E-state index contributed by atoms with van der Waals surface area (Å²) < 4.78 is 2.00. The number of ketones is 1. The van der Waals surface area contributed by atoms with E-state index in [-0.39, 0.29) is 12.2 Å². The van der Waals surface area contributed by atoms with Gasteiger partial charge in [0.05, 0.1) is 24.6 Å². The molecule has 2 aliphatic heterocycles. The number of pyridine rings is 2.